The average Bonchev–Trinajstić information content (AvgIpc) is 2.38. The van der Waals surface area contributed by atoms with E-state index in [0.717, 1.165) is 11.4 Å². The Hall–Kier alpha value is -1.26. The molecule has 1 aromatic carbocycles. The Labute approximate surface area is 102 Å². The van der Waals surface area contributed by atoms with E-state index in [4.69, 9.17) is 9.47 Å². The van der Waals surface area contributed by atoms with Gasteiger partial charge in [-0.2, -0.15) is 0 Å². The highest BCUT2D eigenvalue weighted by molar-refractivity contribution is 5.56. The minimum atomic E-state index is -0.668. The molecule has 94 valence electrons. The molecule has 4 nitrogen and oxygen atoms in total. The zero-order chi connectivity index (χ0) is 12.1. The van der Waals surface area contributed by atoms with E-state index in [2.05, 4.69) is 5.32 Å². The highest BCUT2D eigenvalue weighted by Crippen LogP contribution is 2.26. The lowest BCUT2D eigenvalue weighted by Gasteiger charge is -2.32. The zero-order valence-corrected chi connectivity index (χ0v) is 10.1. The van der Waals surface area contributed by atoms with Crippen molar-refractivity contribution in [1.82, 2.24) is 0 Å². The fraction of sp³-hybridized carbons (Fsp3) is 0.538. The molecule has 2 rings (SSSR count). The van der Waals surface area contributed by atoms with Gasteiger partial charge in [0.15, 0.2) is 0 Å². The third-order valence-electron chi connectivity index (χ3n) is 3.14. The first kappa shape index (κ1) is 12.2. The second kappa shape index (κ2) is 5.38. The first-order chi connectivity index (χ1) is 8.23. The Morgan fingerprint density at radius 3 is 2.76 bits per heavy atom. The van der Waals surface area contributed by atoms with Crippen LogP contribution in [0.5, 0.6) is 5.75 Å². The molecule has 17 heavy (non-hydrogen) atoms. The summed E-state index contributed by atoms with van der Waals surface area (Å²) in [5, 5.41) is 13.6. The zero-order valence-electron chi connectivity index (χ0n) is 10.1. The van der Waals surface area contributed by atoms with Crippen LogP contribution in [0.1, 0.15) is 12.8 Å². The Balaban J connectivity index is 1.96. The van der Waals surface area contributed by atoms with Gasteiger partial charge in [-0.05, 0) is 12.1 Å². The minimum absolute atomic E-state index is 0.525. The van der Waals surface area contributed by atoms with Crippen molar-refractivity contribution in [2.24, 2.45) is 0 Å². The van der Waals surface area contributed by atoms with Crippen LogP contribution in [0.4, 0.5) is 5.69 Å². The number of nitrogens with one attached hydrogen (secondary N) is 1. The summed E-state index contributed by atoms with van der Waals surface area (Å²) in [7, 11) is 1.64. The molecule has 0 aromatic heterocycles. The molecule has 0 atom stereocenters. The van der Waals surface area contributed by atoms with Gasteiger partial charge in [-0.25, -0.2) is 0 Å². The van der Waals surface area contributed by atoms with Crippen molar-refractivity contribution in [1.29, 1.82) is 0 Å². The fourth-order valence-electron chi connectivity index (χ4n) is 1.98. The van der Waals surface area contributed by atoms with Gasteiger partial charge < -0.3 is 19.9 Å². The molecule has 0 unspecified atom stereocenters. The number of aliphatic hydroxyl groups is 1. The molecule has 1 aromatic rings. The van der Waals surface area contributed by atoms with Crippen LogP contribution >= 0.6 is 0 Å². The topological polar surface area (TPSA) is 50.7 Å². The lowest BCUT2D eigenvalue weighted by molar-refractivity contribution is -0.0543. The van der Waals surface area contributed by atoms with Gasteiger partial charge in [0.2, 0.25) is 0 Å². The lowest BCUT2D eigenvalue weighted by atomic mass is 9.94. The van der Waals surface area contributed by atoms with Gasteiger partial charge in [0.1, 0.15) is 5.75 Å². The van der Waals surface area contributed by atoms with Crippen molar-refractivity contribution in [3.05, 3.63) is 24.3 Å². The van der Waals surface area contributed by atoms with Crippen molar-refractivity contribution in [2.45, 2.75) is 18.4 Å². The van der Waals surface area contributed by atoms with E-state index < -0.39 is 5.60 Å². The molecule has 1 fully saturated rings. The minimum Gasteiger partial charge on any atom is -0.495 e. The summed E-state index contributed by atoms with van der Waals surface area (Å²) < 4.78 is 10.5. The van der Waals surface area contributed by atoms with Gasteiger partial charge in [-0.1, -0.05) is 12.1 Å². The molecule has 0 aliphatic carbocycles. The number of para-hydroxylation sites is 2. The molecule has 4 heteroatoms. The maximum atomic E-state index is 10.3. The maximum Gasteiger partial charge on any atom is 0.141 e. The summed E-state index contributed by atoms with van der Waals surface area (Å²) in [6.07, 6.45) is 1.35. The largest absolute Gasteiger partial charge is 0.495 e. The van der Waals surface area contributed by atoms with Gasteiger partial charge in [0.25, 0.3) is 0 Å². The molecule has 0 spiro atoms. The van der Waals surface area contributed by atoms with Crippen LogP contribution in [0.15, 0.2) is 24.3 Å². The van der Waals surface area contributed by atoms with Crippen molar-refractivity contribution >= 4 is 5.69 Å². The SMILES string of the molecule is COc1ccccc1NCC1(O)CCOCC1. The first-order valence-corrected chi connectivity index (χ1v) is 5.90. The molecule has 2 N–H and O–H groups in total. The molecule has 1 heterocycles. The van der Waals surface area contributed by atoms with E-state index in [9.17, 15) is 5.11 Å². The predicted octanol–water partition coefficient (Wildman–Crippen LogP) is 1.65. The van der Waals surface area contributed by atoms with Crippen LogP contribution in [0.3, 0.4) is 0 Å². The average molecular weight is 237 g/mol. The summed E-state index contributed by atoms with van der Waals surface area (Å²) >= 11 is 0. The molecule has 1 aliphatic heterocycles. The van der Waals surface area contributed by atoms with E-state index in [1.54, 1.807) is 7.11 Å². The van der Waals surface area contributed by atoms with Crippen molar-refractivity contribution in [3.63, 3.8) is 0 Å². The second-order valence-electron chi connectivity index (χ2n) is 4.39. The fourth-order valence-corrected chi connectivity index (χ4v) is 1.98. The smallest absolute Gasteiger partial charge is 0.141 e. The summed E-state index contributed by atoms with van der Waals surface area (Å²) in [5.74, 6) is 0.795. The Morgan fingerprint density at radius 1 is 1.35 bits per heavy atom. The van der Waals surface area contributed by atoms with E-state index in [0.29, 0.717) is 32.6 Å². The van der Waals surface area contributed by atoms with Crippen LogP contribution in [0.2, 0.25) is 0 Å². The van der Waals surface area contributed by atoms with Crippen molar-refractivity contribution < 1.29 is 14.6 Å². The summed E-state index contributed by atoms with van der Waals surface area (Å²) in [5.41, 5.74) is 0.244. The molecular weight excluding hydrogens is 218 g/mol. The van der Waals surface area contributed by atoms with E-state index in [1.807, 2.05) is 24.3 Å². The van der Waals surface area contributed by atoms with Crippen LogP contribution in [-0.4, -0.2) is 37.6 Å². The predicted molar refractivity (Wildman–Crippen MR) is 66.5 cm³/mol. The standard InChI is InChI=1S/C13H19NO3/c1-16-12-5-3-2-4-11(12)14-10-13(15)6-8-17-9-7-13/h2-5,14-15H,6-10H2,1H3. The molecule has 1 aliphatic rings. The normalized spacial score (nSPS) is 18.7. The third kappa shape index (κ3) is 3.11. The highest BCUT2D eigenvalue weighted by Gasteiger charge is 2.29. The van der Waals surface area contributed by atoms with Gasteiger partial charge in [0.05, 0.1) is 18.4 Å². The number of rotatable bonds is 4. The number of ether oxygens (including phenoxy) is 2. The maximum absolute atomic E-state index is 10.3. The summed E-state index contributed by atoms with van der Waals surface area (Å²) in [6, 6.07) is 7.71. The van der Waals surface area contributed by atoms with Crippen LogP contribution in [-0.2, 0) is 4.74 Å². The Morgan fingerprint density at radius 2 is 2.06 bits per heavy atom. The number of hydrogen-bond donors (Lipinski definition) is 2. The number of anilines is 1. The molecular formula is C13H19NO3. The van der Waals surface area contributed by atoms with E-state index in [1.165, 1.54) is 0 Å². The molecule has 0 amide bonds. The number of methoxy groups -OCH3 is 1. The summed E-state index contributed by atoms with van der Waals surface area (Å²) in [4.78, 5) is 0. The van der Waals surface area contributed by atoms with Crippen molar-refractivity contribution in [3.8, 4) is 5.75 Å². The molecule has 0 radical (unpaired) electrons. The highest BCUT2D eigenvalue weighted by atomic mass is 16.5. The van der Waals surface area contributed by atoms with Crippen LogP contribution in [0.25, 0.3) is 0 Å². The summed E-state index contributed by atoms with van der Waals surface area (Å²) in [6.45, 7) is 1.78. The lowest BCUT2D eigenvalue weighted by Crippen LogP contribution is -2.42. The van der Waals surface area contributed by atoms with Crippen LogP contribution in [0, 0.1) is 0 Å². The van der Waals surface area contributed by atoms with Gasteiger partial charge in [-0.3, -0.25) is 0 Å². The van der Waals surface area contributed by atoms with Crippen molar-refractivity contribution in [2.75, 3.05) is 32.2 Å². The van der Waals surface area contributed by atoms with Gasteiger partial charge in [-0.15, -0.1) is 0 Å². The molecule has 0 saturated carbocycles. The number of benzene rings is 1. The van der Waals surface area contributed by atoms with E-state index >= 15 is 0 Å². The Bertz CT molecular complexity index is 361. The second-order valence-corrected chi connectivity index (χ2v) is 4.39. The quantitative estimate of drug-likeness (QED) is 0.836. The van der Waals surface area contributed by atoms with E-state index in [-0.39, 0.29) is 0 Å². The van der Waals surface area contributed by atoms with Gasteiger partial charge in [0, 0.05) is 32.6 Å². The van der Waals surface area contributed by atoms with Crippen LogP contribution < -0.4 is 10.1 Å². The first-order valence-electron chi connectivity index (χ1n) is 5.90. The molecule has 1 saturated heterocycles. The third-order valence-corrected chi connectivity index (χ3v) is 3.14. The molecule has 0 bridgehead atoms. The van der Waals surface area contributed by atoms with Gasteiger partial charge >= 0.3 is 0 Å². The number of hydrogen-bond acceptors (Lipinski definition) is 4. The monoisotopic (exact) mass is 237 g/mol. The Kier molecular flexibility index (Phi) is 3.86.